The van der Waals surface area contributed by atoms with Gasteiger partial charge in [-0.2, -0.15) is 0 Å². The zero-order chi connectivity index (χ0) is 16.4. The summed E-state index contributed by atoms with van der Waals surface area (Å²) < 4.78 is 0. The summed E-state index contributed by atoms with van der Waals surface area (Å²) in [4.78, 5) is 30.2. The highest BCUT2D eigenvalue weighted by Crippen LogP contribution is 2.32. The van der Waals surface area contributed by atoms with E-state index in [1.165, 1.54) is 12.8 Å². The van der Waals surface area contributed by atoms with Crippen LogP contribution in [0.4, 0.5) is 5.82 Å². The highest BCUT2D eigenvalue weighted by molar-refractivity contribution is 5.95. The van der Waals surface area contributed by atoms with Crippen molar-refractivity contribution in [2.45, 2.75) is 31.7 Å². The number of carbonyl (C=O) groups is 1. The average molecular weight is 323 g/mol. The molecule has 0 N–H and O–H groups in total. The van der Waals surface area contributed by atoms with Crippen molar-refractivity contribution in [3.05, 3.63) is 48.2 Å². The minimum Gasteiger partial charge on any atom is -0.357 e. The Hall–Kier alpha value is -2.50. The smallest absolute Gasteiger partial charge is 0.254 e. The lowest BCUT2D eigenvalue weighted by Crippen LogP contribution is -2.31. The summed E-state index contributed by atoms with van der Waals surface area (Å²) in [7, 11) is 0. The van der Waals surface area contributed by atoms with Crippen molar-refractivity contribution in [3.8, 4) is 0 Å². The molecule has 0 radical (unpaired) electrons. The van der Waals surface area contributed by atoms with Crippen LogP contribution < -0.4 is 4.90 Å². The van der Waals surface area contributed by atoms with Gasteiger partial charge in [-0.25, -0.2) is 4.98 Å². The van der Waals surface area contributed by atoms with Crippen molar-refractivity contribution in [2.24, 2.45) is 0 Å². The second kappa shape index (κ2) is 6.55. The molecule has 0 spiro atoms. The molecule has 1 unspecified atom stereocenters. The summed E-state index contributed by atoms with van der Waals surface area (Å²) in [5.74, 6) is 0.972. The first kappa shape index (κ1) is 15.1. The van der Waals surface area contributed by atoms with E-state index < -0.39 is 0 Å². The third-order valence-electron chi connectivity index (χ3n) is 4.86. The Bertz CT molecular complexity index is 714. The molecule has 0 saturated carbocycles. The van der Waals surface area contributed by atoms with Gasteiger partial charge in [-0.05, 0) is 37.8 Å². The van der Waals surface area contributed by atoms with E-state index >= 15 is 0 Å². The Morgan fingerprint density at radius 3 is 2.71 bits per heavy atom. The molecule has 124 valence electrons. The lowest BCUT2D eigenvalue weighted by atomic mass is 10.1. The van der Waals surface area contributed by atoms with E-state index in [0.29, 0.717) is 5.56 Å². The van der Waals surface area contributed by atoms with E-state index in [1.807, 2.05) is 17.0 Å². The van der Waals surface area contributed by atoms with Gasteiger partial charge >= 0.3 is 0 Å². The molecule has 1 amide bonds. The van der Waals surface area contributed by atoms with Gasteiger partial charge in [0, 0.05) is 43.8 Å². The maximum atomic E-state index is 13.0. The van der Waals surface area contributed by atoms with E-state index in [-0.39, 0.29) is 11.9 Å². The normalized spacial score (nSPS) is 20.6. The summed E-state index contributed by atoms with van der Waals surface area (Å²) in [6.45, 7) is 2.81. The van der Waals surface area contributed by atoms with Crippen LogP contribution >= 0.6 is 0 Å². The number of hydrogen-bond acceptors (Lipinski definition) is 5. The van der Waals surface area contributed by atoms with E-state index in [4.69, 9.17) is 0 Å². The predicted molar refractivity (Wildman–Crippen MR) is 90.7 cm³/mol. The number of pyridine rings is 1. The largest absolute Gasteiger partial charge is 0.357 e. The zero-order valence-corrected chi connectivity index (χ0v) is 13.6. The Kier molecular flexibility index (Phi) is 4.11. The Balaban J connectivity index is 1.57. The molecule has 4 heterocycles. The molecule has 2 aliphatic rings. The number of anilines is 1. The molecule has 24 heavy (non-hydrogen) atoms. The zero-order valence-electron chi connectivity index (χ0n) is 13.6. The predicted octanol–water partition coefficient (Wildman–Crippen LogP) is 2.45. The first-order valence-electron chi connectivity index (χ1n) is 8.61. The van der Waals surface area contributed by atoms with Crippen LogP contribution in [0.2, 0.25) is 0 Å². The SMILES string of the molecule is O=C(c1ccnc(N2CCCC2)c1)N1CCCC1c1cnccn1. The molecular formula is C18H21N5O. The van der Waals surface area contributed by atoms with E-state index in [2.05, 4.69) is 19.9 Å². The highest BCUT2D eigenvalue weighted by Gasteiger charge is 2.32. The Labute approximate surface area is 141 Å². The van der Waals surface area contributed by atoms with Crippen molar-refractivity contribution < 1.29 is 4.79 Å². The molecule has 6 nitrogen and oxygen atoms in total. The fourth-order valence-electron chi connectivity index (χ4n) is 3.64. The van der Waals surface area contributed by atoms with Crippen LogP contribution in [-0.4, -0.2) is 45.4 Å². The van der Waals surface area contributed by atoms with Crippen LogP contribution in [0.5, 0.6) is 0 Å². The summed E-state index contributed by atoms with van der Waals surface area (Å²) in [5, 5.41) is 0. The van der Waals surface area contributed by atoms with Crippen LogP contribution in [0.25, 0.3) is 0 Å². The lowest BCUT2D eigenvalue weighted by molar-refractivity contribution is 0.0732. The van der Waals surface area contributed by atoms with Crippen molar-refractivity contribution in [2.75, 3.05) is 24.5 Å². The molecule has 4 rings (SSSR count). The molecule has 2 aliphatic heterocycles. The molecule has 0 aromatic carbocycles. The van der Waals surface area contributed by atoms with Crippen LogP contribution in [0.3, 0.4) is 0 Å². The number of nitrogens with zero attached hydrogens (tertiary/aromatic N) is 5. The fraction of sp³-hybridized carbons (Fsp3) is 0.444. The standard InChI is InChI=1S/C18H21N5O/c24-18(14-5-6-21-17(12-14)22-9-1-2-10-22)23-11-3-4-16(23)15-13-19-7-8-20-15/h5-8,12-13,16H,1-4,9-11H2. The van der Waals surface area contributed by atoms with E-state index in [1.54, 1.807) is 24.8 Å². The van der Waals surface area contributed by atoms with Gasteiger partial charge in [0.25, 0.3) is 5.91 Å². The molecule has 2 aromatic rings. The third-order valence-corrected chi connectivity index (χ3v) is 4.86. The van der Waals surface area contributed by atoms with Crippen molar-refractivity contribution in [1.29, 1.82) is 0 Å². The number of aromatic nitrogens is 3. The van der Waals surface area contributed by atoms with Gasteiger partial charge in [0.05, 0.1) is 17.9 Å². The maximum absolute atomic E-state index is 13.0. The molecular weight excluding hydrogens is 302 g/mol. The summed E-state index contributed by atoms with van der Waals surface area (Å²) >= 11 is 0. The quantitative estimate of drug-likeness (QED) is 0.868. The van der Waals surface area contributed by atoms with Gasteiger partial charge in [-0.1, -0.05) is 0 Å². The highest BCUT2D eigenvalue weighted by atomic mass is 16.2. The van der Waals surface area contributed by atoms with E-state index in [0.717, 1.165) is 44.0 Å². The summed E-state index contributed by atoms with van der Waals surface area (Å²) in [6.07, 6.45) is 11.2. The van der Waals surface area contributed by atoms with Gasteiger partial charge in [-0.3, -0.25) is 14.8 Å². The molecule has 6 heteroatoms. The van der Waals surface area contributed by atoms with Crippen LogP contribution in [0, 0.1) is 0 Å². The molecule has 0 bridgehead atoms. The summed E-state index contributed by atoms with van der Waals surface area (Å²) in [6, 6.07) is 3.77. The molecule has 0 aliphatic carbocycles. The second-order valence-corrected chi connectivity index (χ2v) is 6.38. The van der Waals surface area contributed by atoms with E-state index in [9.17, 15) is 4.79 Å². The van der Waals surface area contributed by atoms with Crippen LogP contribution in [0.15, 0.2) is 36.9 Å². The summed E-state index contributed by atoms with van der Waals surface area (Å²) in [5.41, 5.74) is 1.58. The van der Waals surface area contributed by atoms with Gasteiger partial charge < -0.3 is 9.80 Å². The van der Waals surface area contributed by atoms with Gasteiger partial charge in [0.2, 0.25) is 0 Å². The average Bonchev–Trinajstić information content (AvgIpc) is 3.34. The van der Waals surface area contributed by atoms with Crippen molar-refractivity contribution in [3.63, 3.8) is 0 Å². The third kappa shape index (κ3) is 2.84. The number of carbonyl (C=O) groups excluding carboxylic acids is 1. The minimum atomic E-state index is 0.0228. The number of likely N-dealkylation sites (tertiary alicyclic amines) is 1. The van der Waals surface area contributed by atoms with Crippen LogP contribution in [-0.2, 0) is 0 Å². The first-order chi connectivity index (χ1) is 11.8. The van der Waals surface area contributed by atoms with Gasteiger partial charge in [0.15, 0.2) is 0 Å². The van der Waals surface area contributed by atoms with Crippen molar-refractivity contribution in [1.82, 2.24) is 19.9 Å². The fourth-order valence-corrected chi connectivity index (χ4v) is 3.64. The number of amides is 1. The maximum Gasteiger partial charge on any atom is 0.254 e. The minimum absolute atomic E-state index is 0.0228. The molecule has 2 saturated heterocycles. The Morgan fingerprint density at radius 2 is 1.92 bits per heavy atom. The van der Waals surface area contributed by atoms with Crippen LogP contribution in [0.1, 0.15) is 47.8 Å². The van der Waals surface area contributed by atoms with Gasteiger partial charge in [-0.15, -0.1) is 0 Å². The lowest BCUT2D eigenvalue weighted by Gasteiger charge is -2.24. The molecule has 1 atom stereocenters. The topological polar surface area (TPSA) is 62.2 Å². The number of rotatable bonds is 3. The van der Waals surface area contributed by atoms with Gasteiger partial charge in [0.1, 0.15) is 5.82 Å². The number of hydrogen-bond donors (Lipinski definition) is 0. The monoisotopic (exact) mass is 323 g/mol. The second-order valence-electron chi connectivity index (χ2n) is 6.38. The van der Waals surface area contributed by atoms with Crippen molar-refractivity contribution >= 4 is 11.7 Å². The Morgan fingerprint density at radius 1 is 1.04 bits per heavy atom. The molecule has 2 fully saturated rings. The molecule has 2 aromatic heterocycles. The first-order valence-corrected chi connectivity index (χ1v) is 8.61.